The molecular weight excluding hydrogens is 342 g/mol. The number of thiazole rings is 1. The molecule has 0 aromatic carbocycles. The van der Waals surface area contributed by atoms with Crippen molar-refractivity contribution in [3.63, 3.8) is 0 Å². The van der Waals surface area contributed by atoms with E-state index in [0.29, 0.717) is 12.2 Å². The van der Waals surface area contributed by atoms with Gasteiger partial charge in [0.25, 0.3) is 11.1 Å². The number of carbonyl (C=O) groups is 3. The summed E-state index contributed by atoms with van der Waals surface area (Å²) in [6.07, 6.45) is -0.926. The maximum atomic E-state index is 11.6. The highest BCUT2D eigenvalue weighted by Gasteiger charge is 2.18. The minimum atomic E-state index is -0.809. The van der Waals surface area contributed by atoms with Crippen molar-refractivity contribution in [2.24, 2.45) is 0 Å². The minimum Gasteiger partial charge on any atom is -0.381 e. The van der Waals surface area contributed by atoms with Crippen LogP contribution in [-0.4, -0.2) is 33.2 Å². The van der Waals surface area contributed by atoms with Gasteiger partial charge in [0.1, 0.15) is 0 Å². The van der Waals surface area contributed by atoms with Crippen molar-refractivity contribution in [1.29, 1.82) is 0 Å². The molecule has 2 aromatic rings. The Morgan fingerprint density at radius 2 is 2.17 bits per heavy atom. The molecule has 0 aliphatic carbocycles. The first-order valence-electron chi connectivity index (χ1n) is 6.40. The van der Waals surface area contributed by atoms with E-state index in [9.17, 15) is 19.6 Å². The predicted octanol–water partition coefficient (Wildman–Crippen LogP) is 1.80. The smallest absolute Gasteiger partial charge is 0.381 e. The van der Waals surface area contributed by atoms with Crippen molar-refractivity contribution in [1.82, 2.24) is 15.4 Å². The Bertz CT molecular complexity index is 698. The zero-order valence-corrected chi connectivity index (χ0v) is 13.6. The molecule has 2 heterocycles. The number of hydrogen-bond donors (Lipinski definition) is 2. The predicted molar refractivity (Wildman–Crippen MR) is 82.3 cm³/mol. The lowest BCUT2D eigenvalue weighted by Gasteiger charge is -2.08. The van der Waals surface area contributed by atoms with Gasteiger partial charge in [0.2, 0.25) is 5.91 Å². The highest BCUT2D eigenvalue weighted by atomic mass is 32.1. The molecule has 0 unspecified atom stereocenters. The molecule has 0 saturated carbocycles. The van der Waals surface area contributed by atoms with E-state index in [1.807, 2.05) is 17.5 Å². The van der Waals surface area contributed by atoms with Gasteiger partial charge in [-0.1, -0.05) is 17.4 Å². The number of rotatable bonds is 5. The normalized spacial score (nSPS) is 10.2. The van der Waals surface area contributed by atoms with Crippen LogP contribution in [0.1, 0.15) is 17.5 Å². The van der Waals surface area contributed by atoms with E-state index in [1.165, 1.54) is 16.7 Å². The molecule has 2 aromatic heterocycles. The number of nitrogens with zero attached hydrogens (tertiary/aromatic N) is 2. The van der Waals surface area contributed by atoms with Gasteiger partial charge in [0.15, 0.2) is 0 Å². The summed E-state index contributed by atoms with van der Waals surface area (Å²) in [4.78, 5) is 38.9. The third-order valence-corrected chi connectivity index (χ3v) is 4.21. The van der Waals surface area contributed by atoms with Crippen LogP contribution in [-0.2, 0) is 22.6 Å². The van der Waals surface area contributed by atoms with Gasteiger partial charge >= 0.3 is 6.09 Å². The van der Waals surface area contributed by atoms with Crippen molar-refractivity contribution >= 4 is 40.6 Å². The number of hydrogen-bond acceptors (Lipinski definition) is 8. The lowest BCUT2D eigenvalue weighted by Crippen LogP contribution is -2.33. The molecule has 0 aliphatic heterocycles. The molecule has 0 saturated heterocycles. The number of imide groups is 1. The van der Waals surface area contributed by atoms with Gasteiger partial charge in [0.05, 0.1) is 18.7 Å². The summed E-state index contributed by atoms with van der Waals surface area (Å²) in [5.74, 6) is -1.59. The molecule has 2 N–H and O–H groups in total. The first-order valence-corrected chi connectivity index (χ1v) is 8.16. The Hall–Kier alpha value is -2.30. The second kappa shape index (κ2) is 7.81. The van der Waals surface area contributed by atoms with Crippen molar-refractivity contribution < 1.29 is 24.3 Å². The second-order valence-corrected chi connectivity index (χ2v) is 6.18. The van der Waals surface area contributed by atoms with E-state index in [-0.39, 0.29) is 16.7 Å². The van der Waals surface area contributed by atoms with E-state index in [0.717, 1.165) is 23.1 Å². The number of amides is 3. The number of carbonyl (C=O) groups excluding carboxylic acids is 3. The van der Waals surface area contributed by atoms with E-state index < -0.39 is 17.9 Å². The van der Waals surface area contributed by atoms with Crippen molar-refractivity contribution in [2.45, 2.75) is 19.9 Å². The van der Waals surface area contributed by atoms with Crippen LogP contribution in [0.3, 0.4) is 0 Å². The molecule has 8 nitrogen and oxygen atoms in total. The molecule has 0 aliphatic rings. The van der Waals surface area contributed by atoms with Gasteiger partial charge in [-0.05, 0) is 11.4 Å². The fourth-order valence-corrected chi connectivity index (χ4v) is 2.82. The fourth-order valence-electron chi connectivity index (χ4n) is 1.51. The maximum absolute atomic E-state index is 11.6. The van der Waals surface area contributed by atoms with Crippen LogP contribution < -0.4 is 10.1 Å². The van der Waals surface area contributed by atoms with E-state index in [1.54, 1.807) is 0 Å². The summed E-state index contributed by atoms with van der Waals surface area (Å²) in [5, 5.41) is 15.3. The molecule has 0 spiro atoms. The Morgan fingerprint density at radius 1 is 1.39 bits per heavy atom. The standard InChI is InChI=1S/C13H13N3O5S2/c1-8(17)16(20)11(18)5-9-7-23-13(15-9)21-12(19)14-6-10-3-2-4-22-10/h2-4,7,20H,5-6H2,1H3,(H,14,19). The Kier molecular flexibility index (Phi) is 5.79. The molecule has 2 rings (SSSR count). The maximum Gasteiger partial charge on any atom is 0.414 e. The van der Waals surface area contributed by atoms with Crippen LogP contribution in [0.4, 0.5) is 4.79 Å². The zero-order valence-electron chi connectivity index (χ0n) is 12.0. The highest BCUT2D eigenvalue weighted by molar-refractivity contribution is 7.11. The molecule has 10 heteroatoms. The van der Waals surface area contributed by atoms with Crippen LogP contribution in [0.2, 0.25) is 0 Å². The van der Waals surface area contributed by atoms with Crippen molar-refractivity contribution in [3.8, 4) is 5.19 Å². The number of hydroxylamine groups is 2. The van der Waals surface area contributed by atoms with Crippen LogP contribution in [0, 0.1) is 0 Å². The average Bonchev–Trinajstić information content (AvgIpc) is 3.16. The molecule has 0 fully saturated rings. The average molecular weight is 355 g/mol. The van der Waals surface area contributed by atoms with E-state index in [4.69, 9.17) is 4.74 Å². The molecule has 0 atom stereocenters. The lowest BCUT2D eigenvalue weighted by molar-refractivity contribution is -0.176. The minimum absolute atomic E-state index is 0.0214. The van der Waals surface area contributed by atoms with Gasteiger partial charge in [-0.3, -0.25) is 14.8 Å². The number of thiophene rings is 1. The van der Waals surface area contributed by atoms with Crippen LogP contribution >= 0.6 is 22.7 Å². The fraction of sp³-hybridized carbons (Fsp3) is 0.231. The summed E-state index contributed by atoms with van der Waals surface area (Å²) in [5.41, 5.74) is 0.293. The molecule has 122 valence electrons. The number of aromatic nitrogens is 1. The molecule has 3 amide bonds. The third kappa shape index (κ3) is 5.13. The van der Waals surface area contributed by atoms with Crippen LogP contribution in [0.5, 0.6) is 5.19 Å². The summed E-state index contributed by atoms with van der Waals surface area (Å²) < 4.78 is 4.99. The van der Waals surface area contributed by atoms with Gasteiger partial charge in [-0.25, -0.2) is 9.78 Å². The molecular formula is C13H13N3O5S2. The quantitative estimate of drug-likeness (QED) is 0.625. The number of nitrogens with one attached hydrogen (secondary N) is 1. The first-order chi connectivity index (χ1) is 11.0. The van der Waals surface area contributed by atoms with Gasteiger partial charge in [0, 0.05) is 17.2 Å². The largest absolute Gasteiger partial charge is 0.414 e. The van der Waals surface area contributed by atoms with Crippen LogP contribution in [0.25, 0.3) is 0 Å². The van der Waals surface area contributed by atoms with E-state index >= 15 is 0 Å². The van der Waals surface area contributed by atoms with Crippen molar-refractivity contribution in [2.75, 3.05) is 0 Å². The second-order valence-electron chi connectivity index (χ2n) is 4.33. The summed E-state index contributed by atoms with van der Waals surface area (Å²) in [6.45, 7) is 1.41. The SMILES string of the molecule is CC(=O)N(O)C(=O)Cc1csc(OC(=O)NCc2cccs2)n1. The Balaban J connectivity index is 1.83. The highest BCUT2D eigenvalue weighted by Crippen LogP contribution is 2.19. The Morgan fingerprint density at radius 3 is 2.83 bits per heavy atom. The van der Waals surface area contributed by atoms with Crippen molar-refractivity contribution in [3.05, 3.63) is 33.5 Å². The molecule has 23 heavy (non-hydrogen) atoms. The first kappa shape index (κ1) is 17.1. The van der Waals surface area contributed by atoms with Gasteiger partial charge < -0.3 is 10.1 Å². The summed E-state index contributed by atoms with van der Waals surface area (Å²) >= 11 is 2.54. The number of ether oxygens (including phenoxy) is 1. The third-order valence-electron chi connectivity index (χ3n) is 2.56. The Labute approximate surface area is 139 Å². The zero-order chi connectivity index (χ0) is 16.8. The summed E-state index contributed by atoms with van der Waals surface area (Å²) in [6, 6.07) is 3.76. The van der Waals surface area contributed by atoms with Gasteiger partial charge in [-0.2, -0.15) is 5.06 Å². The van der Waals surface area contributed by atoms with Gasteiger partial charge in [-0.15, -0.1) is 11.3 Å². The lowest BCUT2D eigenvalue weighted by atomic mass is 10.3. The monoisotopic (exact) mass is 355 g/mol. The summed E-state index contributed by atoms with van der Waals surface area (Å²) in [7, 11) is 0. The molecule has 0 radical (unpaired) electrons. The van der Waals surface area contributed by atoms with Crippen LogP contribution in [0.15, 0.2) is 22.9 Å². The van der Waals surface area contributed by atoms with E-state index in [2.05, 4.69) is 10.3 Å². The molecule has 0 bridgehead atoms. The topological polar surface area (TPSA) is 109 Å².